The molecule has 3 rings (SSSR count). The molecule has 1 aromatic heterocycles. The van der Waals surface area contributed by atoms with Gasteiger partial charge in [0.2, 0.25) is 10.0 Å². The van der Waals surface area contributed by atoms with Crippen molar-refractivity contribution < 1.29 is 22.0 Å². The maximum absolute atomic E-state index is 14.3. The molecule has 2 aromatic carbocycles. The number of nitrogens with one attached hydrogen (secondary N) is 1. The van der Waals surface area contributed by atoms with E-state index in [-0.39, 0.29) is 23.7 Å². The molecule has 0 fully saturated rings. The fraction of sp³-hybridized carbons (Fsp3) is 0.250. The van der Waals surface area contributed by atoms with Crippen LogP contribution in [0.1, 0.15) is 36.1 Å². The number of pyridine rings is 1. The molecular weight excluding hydrogens is 434 g/mol. The highest BCUT2D eigenvalue weighted by Crippen LogP contribution is 2.27. The van der Waals surface area contributed by atoms with Crippen molar-refractivity contribution in [2.75, 3.05) is 11.0 Å². The predicted molar refractivity (Wildman–Crippen MR) is 121 cm³/mol. The summed E-state index contributed by atoms with van der Waals surface area (Å²) in [5.41, 5.74) is 3.17. The monoisotopic (exact) mass is 458 g/mol. The first-order valence-corrected chi connectivity index (χ1v) is 11.9. The van der Waals surface area contributed by atoms with Crippen molar-refractivity contribution in [3.63, 3.8) is 0 Å². The fourth-order valence-electron chi connectivity index (χ4n) is 3.42. The highest BCUT2D eigenvalue weighted by atomic mass is 32.2. The third kappa shape index (κ3) is 5.97. The van der Waals surface area contributed by atoms with Gasteiger partial charge >= 0.3 is 0 Å². The zero-order valence-corrected chi connectivity index (χ0v) is 18.8. The number of nitrogens with zero attached hydrogens (tertiary/aromatic N) is 1. The lowest BCUT2D eigenvalue weighted by Gasteiger charge is -2.14. The number of hydrogen-bond acceptors (Lipinski definition) is 4. The molecule has 8 heteroatoms. The average Bonchev–Trinajstić information content (AvgIpc) is 2.72. The highest BCUT2D eigenvalue weighted by molar-refractivity contribution is 7.92. The second-order valence-corrected chi connectivity index (χ2v) is 9.52. The molecule has 1 heterocycles. The number of carbonyl (C=O) groups excluding carboxylic acids is 1. The molecule has 0 spiro atoms. The van der Waals surface area contributed by atoms with Crippen molar-refractivity contribution in [3.05, 3.63) is 83.1 Å². The lowest BCUT2D eigenvalue weighted by Crippen LogP contribution is -2.13. The Kier molecular flexibility index (Phi) is 7.03. The molecule has 0 saturated carbocycles. The molecule has 0 aliphatic carbocycles. The summed E-state index contributed by atoms with van der Waals surface area (Å²) in [6.45, 7) is 3.53. The molecule has 0 aliphatic heterocycles. The molecule has 1 atom stereocenters. The van der Waals surface area contributed by atoms with E-state index < -0.39 is 21.8 Å². The summed E-state index contributed by atoms with van der Waals surface area (Å²) in [7, 11) is -3.61. The number of halogens is 2. The summed E-state index contributed by atoms with van der Waals surface area (Å²) in [4.78, 5) is 17.3. The largest absolute Gasteiger partial charge is 0.299 e. The van der Waals surface area contributed by atoms with Gasteiger partial charge in [0.05, 0.1) is 17.6 Å². The third-order valence-electron chi connectivity index (χ3n) is 5.13. The minimum atomic E-state index is -3.61. The molecule has 0 saturated heterocycles. The van der Waals surface area contributed by atoms with Gasteiger partial charge in [-0.2, -0.15) is 0 Å². The second-order valence-electron chi connectivity index (χ2n) is 7.77. The molecule has 0 aliphatic rings. The van der Waals surface area contributed by atoms with E-state index in [1.54, 1.807) is 19.1 Å². The van der Waals surface area contributed by atoms with E-state index in [0.717, 1.165) is 17.5 Å². The van der Waals surface area contributed by atoms with Crippen LogP contribution in [0.3, 0.4) is 0 Å². The molecule has 1 unspecified atom stereocenters. The Morgan fingerprint density at radius 1 is 1.09 bits per heavy atom. The second kappa shape index (κ2) is 9.56. The standard InChI is InChI=1S/C24H24F2N2O3S/c1-15-7-8-17(24(27-15)19-5-4-6-20(25)13-19)10-12-23(29)16(2)18-9-11-22(21(26)14-18)28-32(3,30)31/h4-9,11,13-14,16,28H,10,12H2,1-3H3. The van der Waals surface area contributed by atoms with Gasteiger partial charge in [0.15, 0.2) is 0 Å². The van der Waals surface area contributed by atoms with E-state index in [1.165, 1.54) is 30.3 Å². The molecule has 0 bridgehead atoms. The molecule has 0 amide bonds. The first kappa shape index (κ1) is 23.5. The Hall–Kier alpha value is -3.13. The Bertz CT molecular complexity index is 1260. The lowest BCUT2D eigenvalue weighted by atomic mass is 9.92. The molecular formula is C24H24F2N2O3S. The number of aromatic nitrogens is 1. The zero-order chi connectivity index (χ0) is 23.5. The first-order chi connectivity index (χ1) is 15.0. The van der Waals surface area contributed by atoms with E-state index in [0.29, 0.717) is 23.2 Å². The Morgan fingerprint density at radius 2 is 1.84 bits per heavy atom. The maximum atomic E-state index is 14.3. The number of Topliss-reactive ketones (excluding diaryl/α,β-unsaturated/α-hetero) is 1. The van der Waals surface area contributed by atoms with Gasteiger partial charge in [-0.1, -0.05) is 31.2 Å². The van der Waals surface area contributed by atoms with E-state index in [2.05, 4.69) is 9.71 Å². The minimum Gasteiger partial charge on any atom is -0.299 e. The fourth-order valence-corrected chi connectivity index (χ4v) is 3.98. The van der Waals surface area contributed by atoms with Crippen molar-refractivity contribution in [2.45, 2.75) is 32.6 Å². The SMILES string of the molecule is Cc1ccc(CCC(=O)C(C)c2ccc(NS(C)(=O)=O)c(F)c2)c(-c2cccc(F)c2)n1. The summed E-state index contributed by atoms with van der Waals surface area (Å²) < 4.78 is 52.7. The Labute approximate surface area is 186 Å². The van der Waals surface area contributed by atoms with Gasteiger partial charge < -0.3 is 0 Å². The van der Waals surface area contributed by atoms with Crippen molar-refractivity contribution >= 4 is 21.5 Å². The summed E-state index contributed by atoms with van der Waals surface area (Å²) in [6.07, 6.45) is 1.53. The van der Waals surface area contributed by atoms with Crippen LogP contribution in [0.15, 0.2) is 54.6 Å². The van der Waals surface area contributed by atoms with Crippen molar-refractivity contribution in [2.24, 2.45) is 0 Å². The topological polar surface area (TPSA) is 76.1 Å². The van der Waals surface area contributed by atoms with Gasteiger partial charge in [-0.15, -0.1) is 0 Å². The van der Waals surface area contributed by atoms with Crippen LogP contribution in [0.2, 0.25) is 0 Å². The molecule has 5 nitrogen and oxygen atoms in total. The van der Waals surface area contributed by atoms with Gasteiger partial charge in [-0.3, -0.25) is 14.5 Å². The lowest BCUT2D eigenvalue weighted by molar-refractivity contribution is -0.120. The van der Waals surface area contributed by atoms with Crippen LogP contribution in [0.4, 0.5) is 14.5 Å². The van der Waals surface area contributed by atoms with Gasteiger partial charge in [-0.25, -0.2) is 17.2 Å². The smallest absolute Gasteiger partial charge is 0.229 e. The number of rotatable bonds is 8. The number of aryl methyl sites for hydroxylation is 2. The van der Waals surface area contributed by atoms with Crippen LogP contribution in [0.5, 0.6) is 0 Å². The number of ketones is 1. The normalized spacial score (nSPS) is 12.4. The van der Waals surface area contributed by atoms with Crippen LogP contribution in [-0.4, -0.2) is 25.4 Å². The first-order valence-electron chi connectivity index (χ1n) is 10.1. The summed E-state index contributed by atoms with van der Waals surface area (Å²) in [6, 6.07) is 13.9. The third-order valence-corrected chi connectivity index (χ3v) is 5.72. The van der Waals surface area contributed by atoms with Gasteiger partial charge in [0.25, 0.3) is 0 Å². The van der Waals surface area contributed by atoms with Crippen LogP contribution >= 0.6 is 0 Å². The summed E-state index contributed by atoms with van der Waals surface area (Å²) in [5, 5.41) is 0. The summed E-state index contributed by atoms with van der Waals surface area (Å²) >= 11 is 0. The zero-order valence-electron chi connectivity index (χ0n) is 18.0. The molecule has 32 heavy (non-hydrogen) atoms. The van der Waals surface area contributed by atoms with Gasteiger partial charge in [0, 0.05) is 23.6 Å². The minimum absolute atomic E-state index is 0.0982. The Balaban J connectivity index is 1.75. The van der Waals surface area contributed by atoms with E-state index in [4.69, 9.17) is 0 Å². The van der Waals surface area contributed by atoms with Crippen molar-refractivity contribution in [1.82, 2.24) is 4.98 Å². The summed E-state index contributed by atoms with van der Waals surface area (Å²) in [5.74, 6) is -1.78. The van der Waals surface area contributed by atoms with Gasteiger partial charge in [-0.05, 0) is 54.8 Å². The Morgan fingerprint density at radius 3 is 2.50 bits per heavy atom. The molecule has 0 radical (unpaired) electrons. The number of sulfonamides is 1. The van der Waals surface area contributed by atoms with E-state index in [9.17, 15) is 22.0 Å². The molecule has 1 N–H and O–H groups in total. The highest BCUT2D eigenvalue weighted by Gasteiger charge is 2.19. The number of anilines is 1. The van der Waals surface area contributed by atoms with E-state index >= 15 is 0 Å². The number of benzene rings is 2. The van der Waals surface area contributed by atoms with E-state index in [1.807, 2.05) is 19.1 Å². The van der Waals surface area contributed by atoms with Crippen molar-refractivity contribution in [3.8, 4) is 11.3 Å². The maximum Gasteiger partial charge on any atom is 0.229 e. The quantitative estimate of drug-likeness (QED) is 0.515. The number of hydrogen-bond donors (Lipinski definition) is 1. The van der Waals surface area contributed by atoms with Crippen LogP contribution in [-0.2, 0) is 21.2 Å². The average molecular weight is 459 g/mol. The predicted octanol–water partition coefficient (Wildman–Crippen LogP) is 5.01. The van der Waals surface area contributed by atoms with Crippen LogP contribution in [0, 0.1) is 18.6 Å². The van der Waals surface area contributed by atoms with Crippen LogP contribution < -0.4 is 4.72 Å². The van der Waals surface area contributed by atoms with Crippen LogP contribution in [0.25, 0.3) is 11.3 Å². The van der Waals surface area contributed by atoms with Gasteiger partial charge in [0.1, 0.15) is 17.4 Å². The van der Waals surface area contributed by atoms with Crippen molar-refractivity contribution in [1.29, 1.82) is 0 Å². The molecule has 3 aromatic rings. The number of carbonyl (C=O) groups is 1. The molecule has 168 valence electrons.